The zero-order valence-electron chi connectivity index (χ0n) is 11.8. The Morgan fingerprint density at radius 1 is 1.37 bits per heavy atom. The Labute approximate surface area is 114 Å². The quantitative estimate of drug-likeness (QED) is 0.562. The van der Waals surface area contributed by atoms with Gasteiger partial charge in [-0.1, -0.05) is 6.58 Å². The topological polar surface area (TPSA) is 83.9 Å². The number of aliphatic carboxylic acids is 1. The van der Waals surface area contributed by atoms with Gasteiger partial charge in [-0.3, -0.25) is 14.4 Å². The fourth-order valence-electron chi connectivity index (χ4n) is 1.40. The Balaban J connectivity index is 4.94. The van der Waals surface area contributed by atoms with E-state index in [1.54, 1.807) is 0 Å². The summed E-state index contributed by atoms with van der Waals surface area (Å²) in [6.45, 7) is 8.87. The van der Waals surface area contributed by atoms with Gasteiger partial charge in [0.15, 0.2) is 0 Å². The molecule has 1 N–H and O–H groups in total. The van der Waals surface area contributed by atoms with Gasteiger partial charge >= 0.3 is 11.9 Å². The van der Waals surface area contributed by atoms with Crippen LogP contribution in [-0.2, 0) is 18.8 Å². The molecule has 0 aliphatic heterocycles. The first-order valence-electron chi connectivity index (χ1n) is 5.92. The maximum Gasteiger partial charge on any atom is 0.315 e. The molecule has 7 heteroatoms. The van der Waals surface area contributed by atoms with E-state index in [0.717, 1.165) is 6.08 Å². The molecule has 1 atom stereocenters. The predicted octanol–water partition coefficient (Wildman–Crippen LogP) is 1.24. The predicted molar refractivity (Wildman–Crippen MR) is 73.1 cm³/mol. The van der Waals surface area contributed by atoms with Crippen LogP contribution in [0.1, 0.15) is 12.8 Å². The molecule has 0 heterocycles. The van der Waals surface area contributed by atoms with Gasteiger partial charge in [0.2, 0.25) is 14.2 Å². The highest BCUT2D eigenvalue weighted by Crippen LogP contribution is 2.13. The van der Waals surface area contributed by atoms with Crippen LogP contribution in [0.2, 0.25) is 19.6 Å². The number of carbonyl (C=O) groups is 3. The summed E-state index contributed by atoms with van der Waals surface area (Å²) in [5.74, 6) is -2.02. The van der Waals surface area contributed by atoms with Crippen LogP contribution in [0, 0.1) is 0 Å². The van der Waals surface area contributed by atoms with Gasteiger partial charge in [-0.05, 0) is 32.1 Å². The summed E-state index contributed by atoms with van der Waals surface area (Å²) in [5.41, 5.74) is 0. The van der Waals surface area contributed by atoms with Crippen LogP contribution < -0.4 is 0 Å². The van der Waals surface area contributed by atoms with E-state index in [-0.39, 0.29) is 12.8 Å². The molecule has 0 saturated heterocycles. The largest absolute Gasteiger partial charge is 0.518 e. The Morgan fingerprint density at radius 3 is 2.26 bits per heavy atom. The first-order valence-corrected chi connectivity index (χ1v) is 9.33. The number of hydrogen-bond donors (Lipinski definition) is 1. The fourth-order valence-corrected chi connectivity index (χ4v) is 2.14. The van der Waals surface area contributed by atoms with Gasteiger partial charge in [-0.25, -0.2) is 0 Å². The molecule has 0 aliphatic rings. The van der Waals surface area contributed by atoms with Crippen LogP contribution in [-0.4, -0.2) is 49.3 Å². The molecule has 6 nitrogen and oxygen atoms in total. The van der Waals surface area contributed by atoms with Crippen molar-refractivity contribution in [3.05, 3.63) is 12.7 Å². The summed E-state index contributed by atoms with van der Waals surface area (Å²) in [5, 5.41) is 8.69. The molecule has 0 spiro atoms. The number of likely N-dealkylation sites (N-methyl/N-ethyl adjacent to an activating group) is 1. The maximum absolute atomic E-state index is 12.0. The van der Waals surface area contributed by atoms with Gasteiger partial charge < -0.3 is 14.4 Å². The number of carboxylic acids is 1. The molecule has 0 unspecified atom stereocenters. The zero-order chi connectivity index (χ0) is 15.2. The van der Waals surface area contributed by atoms with E-state index >= 15 is 0 Å². The average molecular weight is 287 g/mol. The normalized spacial score (nSPS) is 12.4. The van der Waals surface area contributed by atoms with Gasteiger partial charge in [0.1, 0.15) is 6.04 Å². The summed E-state index contributed by atoms with van der Waals surface area (Å²) in [6.07, 6.45) is 0.893. The molecule has 1 amide bonds. The molecular formula is C12H21NO5Si. The van der Waals surface area contributed by atoms with Gasteiger partial charge in [0, 0.05) is 13.5 Å². The van der Waals surface area contributed by atoms with Crippen LogP contribution in [0.4, 0.5) is 0 Å². The Morgan fingerprint density at radius 2 is 1.89 bits per heavy atom. The minimum absolute atomic E-state index is 0.0225. The summed E-state index contributed by atoms with van der Waals surface area (Å²) >= 11 is 0. The first-order chi connectivity index (χ1) is 8.58. The van der Waals surface area contributed by atoms with Gasteiger partial charge in [0.25, 0.3) is 0 Å². The molecule has 0 rings (SSSR count). The van der Waals surface area contributed by atoms with E-state index in [4.69, 9.17) is 9.53 Å². The van der Waals surface area contributed by atoms with Crippen molar-refractivity contribution in [2.24, 2.45) is 0 Å². The smallest absolute Gasteiger partial charge is 0.315 e. The molecule has 0 fully saturated rings. The van der Waals surface area contributed by atoms with Gasteiger partial charge in [-0.15, -0.1) is 0 Å². The van der Waals surface area contributed by atoms with Gasteiger partial charge in [0.05, 0.1) is 0 Å². The van der Waals surface area contributed by atoms with Crippen molar-refractivity contribution in [1.29, 1.82) is 0 Å². The fraction of sp³-hybridized carbons (Fsp3) is 0.583. The minimum atomic E-state index is -2.09. The molecule has 0 radical (unpaired) electrons. The number of amides is 1. The molecule has 0 saturated carbocycles. The summed E-state index contributed by atoms with van der Waals surface area (Å²) < 4.78 is 5.33. The van der Waals surface area contributed by atoms with Crippen molar-refractivity contribution >= 4 is 26.2 Å². The van der Waals surface area contributed by atoms with Crippen molar-refractivity contribution in [2.45, 2.75) is 38.5 Å². The maximum atomic E-state index is 12.0. The number of carboxylic acid groups (broad SMARTS) is 1. The van der Waals surface area contributed by atoms with Crippen LogP contribution in [0.5, 0.6) is 0 Å². The van der Waals surface area contributed by atoms with Crippen LogP contribution in [0.15, 0.2) is 12.7 Å². The monoisotopic (exact) mass is 287 g/mol. The first kappa shape index (κ1) is 17.4. The summed E-state index contributed by atoms with van der Waals surface area (Å²) in [6, 6.07) is -0.895. The third-order valence-corrected chi connectivity index (χ3v) is 3.11. The highest BCUT2D eigenvalue weighted by atomic mass is 28.4. The standard InChI is InChI=1S/C12H21NO5Si/c1-6-10(14)13(2)9(7-8-11(15)16)12(17)18-19(3,4)5/h6,9H,1,7-8H2,2-5H3,(H,15,16)/t9-/m0/s1. The molecule has 0 bridgehead atoms. The lowest BCUT2D eigenvalue weighted by atomic mass is 10.1. The minimum Gasteiger partial charge on any atom is -0.518 e. The van der Waals surface area contributed by atoms with E-state index < -0.39 is 32.2 Å². The molecule has 0 aromatic heterocycles. The van der Waals surface area contributed by atoms with E-state index in [1.165, 1.54) is 11.9 Å². The van der Waals surface area contributed by atoms with Crippen molar-refractivity contribution < 1.29 is 23.9 Å². The number of nitrogens with zero attached hydrogens (tertiary/aromatic N) is 1. The van der Waals surface area contributed by atoms with E-state index in [9.17, 15) is 14.4 Å². The second kappa shape index (κ2) is 7.08. The van der Waals surface area contributed by atoms with Crippen LogP contribution >= 0.6 is 0 Å². The van der Waals surface area contributed by atoms with E-state index in [1.807, 2.05) is 19.6 Å². The van der Waals surface area contributed by atoms with Crippen molar-refractivity contribution in [3.8, 4) is 0 Å². The molecule has 0 aliphatic carbocycles. The van der Waals surface area contributed by atoms with Crippen LogP contribution in [0.3, 0.4) is 0 Å². The van der Waals surface area contributed by atoms with Gasteiger partial charge in [-0.2, -0.15) is 0 Å². The van der Waals surface area contributed by atoms with Crippen LogP contribution in [0.25, 0.3) is 0 Å². The second-order valence-corrected chi connectivity index (χ2v) is 9.56. The van der Waals surface area contributed by atoms with E-state index in [0.29, 0.717) is 0 Å². The second-order valence-electron chi connectivity index (χ2n) is 5.13. The molecule has 19 heavy (non-hydrogen) atoms. The third-order valence-electron chi connectivity index (χ3n) is 2.30. The molecule has 0 aromatic carbocycles. The van der Waals surface area contributed by atoms with Crippen molar-refractivity contribution in [1.82, 2.24) is 4.90 Å². The average Bonchev–Trinajstić information content (AvgIpc) is 2.24. The molecule has 108 valence electrons. The zero-order valence-corrected chi connectivity index (χ0v) is 12.8. The highest BCUT2D eigenvalue weighted by molar-refractivity contribution is 6.71. The summed E-state index contributed by atoms with van der Waals surface area (Å²) in [4.78, 5) is 35.3. The number of carbonyl (C=O) groups excluding carboxylic acids is 2. The lowest BCUT2D eigenvalue weighted by molar-refractivity contribution is -0.147. The van der Waals surface area contributed by atoms with E-state index in [2.05, 4.69) is 6.58 Å². The Bertz CT molecular complexity index is 375. The lowest BCUT2D eigenvalue weighted by Gasteiger charge is -2.28. The molecule has 0 aromatic rings. The number of hydrogen-bond acceptors (Lipinski definition) is 4. The highest BCUT2D eigenvalue weighted by Gasteiger charge is 2.31. The number of rotatable bonds is 7. The molecular weight excluding hydrogens is 266 g/mol. The summed E-state index contributed by atoms with van der Waals surface area (Å²) in [7, 11) is -0.658. The Kier molecular flexibility index (Phi) is 6.47. The lowest BCUT2D eigenvalue weighted by Crippen LogP contribution is -2.46. The van der Waals surface area contributed by atoms with Crippen molar-refractivity contribution in [2.75, 3.05) is 7.05 Å². The SMILES string of the molecule is C=CC(=O)N(C)[C@@H](CCC(=O)O)C(=O)O[Si](C)(C)C. The van der Waals surface area contributed by atoms with Crippen molar-refractivity contribution in [3.63, 3.8) is 0 Å². The Hall–Kier alpha value is -1.63. The third kappa shape index (κ3) is 6.75.